The van der Waals surface area contributed by atoms with Crippen molar-refractivity contribution in [2.45, 2.75) is 231 Å². The van der Waals surface area contributed by atoms with E-state index in [4.69, 9.17) is 36.6 Å². The Labute approximate surface area is 663 Å². The van der Waals surface area contributed by atoms with Crippen LogP contribution >= 0.6 is 86.1 Å². The minimum Gasteiger partial charge on any atom is -0.384 e. The molecule has 4 aliphatic carbocycles. The molecule has 4 saturated carbocycles. The number of thiophene rings is 4. The van der Waals surface area contributed by atoms with E-state index in [0.29, 0.717) is 35.8 Å². The standard InChI is InChI=1S/C24H33N5OS.C19H23BrN4OS.2C15H17N5S.C5H11N.2ClH/c1-24(2,3)28-21-15-18(26-16-8-4-5-9-16)23-17(27-21)14-20(31-23)19-11-12-25-29(19)22-10-6-7-13-30-22;1-19(2,3)23-16-10-12(20)18-13(22-16)11-15(26-18)14-7-8-21-24(14)17-6-4-5-9-25-17;2*16-14-8-12(18-9-3-1-2-4-9)15-11(19-14)7-13(21-15)10-5-6-17-20-10;6-5-3-1-2-4-5;;/h11-12,14-16,22H,4-10,13H2,1-3H3,(H2,26,27,28);7-8,10-11,17H,4-6,9H2,1-3H3,(H,22,23);2*5-9H,1-4H2,(H,17,20)(H3,16,18,19);5H,1-4,6H2;2*1H. The number of ether oxygens (including phenoxy) is 2. The fourth-order valence-corrected chi connectivity index (χ4v) is 19.6. The molecular formula is C78H103BrCl2N20O2S4. The third kappa shape index (κ3) is 20.5. The number of nitrogens with two attached hydrogens (primary N) is 3. The number of hydrogen-bond donors (Lipinski definition) is 10. The van der Waals surface area contributed by atoms with Crippen molar-refractivity contribution in [1.29, 1.82) is 0 Å². The van der Waals surface area contributed by atoms with Crippen LogP contribution in [0.3, 0.4) is 0 Å². The van der Waals surface area contributed by atoms with Crippen LogP contribution in [0.15, 0.2) is 102 Å². The van der Waals surface area contributed by atoms with Crippen LogP contribution in [0.5, 0.6) is 0 Å². The fraction of sp³-hybridized carbons (Fsp3) is 0.487. The zero-order chi connectivity index (χ0) is 72.6. The van der Waals surface area contributed by atoms with Gasteiger partial charge in [-0.15, -0.1) is 70.2 Å². The zero-order valence-corrected chi connectivity index (χ0v) is 68.5. The van der Waals surface area contributed by atoms with Gasteiger partial charge in [-0.25, -0.2) is 29.3 Å². The number of rotatable bonds is 14. The second-order valence-corrected chi connectivity index (χ2v) is 35.7. The van der Waals surface area contributed by atoms with Gasteiger partial charge >= 0.3 is 0 Å². The number of nitrogen functional groups attached to an aromatic ring is 2. The zero-order valence-electron chi connectivity index (χ0n) is 62.0. The minimum atomic E-state index is -0.0406. The smallest absolute Gasteiger partial charge is 0.150 e. The molecule has 13 N–H and O–H groups in total. The number of halogens is 3. The molecule has 2 saturated heterocycles. The van der Waals surface area contributed by atoms with Crippen molar-refractivity contribution in [3.8, 4) is 42.3 Å². The predicted octanol–water partition coefficient (Wildman–Crippen LogP) is 21.2. The summed E-state index contributed by atoms with van der Waals surface area (Å²) in [7, 11) is 0. The molecule has 2 atom stereocenters. The first-order valence-corrected chi connectivity index (χ1v) is 41.8. The van der Waals surface area contributed by atoms with Gasteiger partial charge in [0.1, 0.15) is 23.3 Å². The van der Waals surface area contributed by atoms with Crippen molar-refractivity contribution in [3.05, 3.63) is 102 Å². The van der Waals surface area contributed by atoms with Crippen LogP contribution in [-0.4, -0.2) is 108 Å². The molecule has 2 aliphatic heterocycles. The van der Waals surface area contributed by atoms with Crippen molar-refractivity contribution in [2.24, 2.45) is 5.73 Å². The number of aromatic amines is 2. The van der Waals surface area contributed by atoms with Crippen LogP contribution in [0.1, 0.15) is 195 Å². The number of H-pyrrole nitrogens is 2. The summed E-state index contributed by atoms with van der Waals surface area (Å²) in [5.41, 5.74) is 29.0. The van der Waals surface area contributed by atoms with E-state index in [2.05, 4.69) is 178 Å². The predicted molar refractivity (Wildman–Crippen MR) is 456 cm³/mol. The molecule has 2 unspecified atom stereocenters. The Hall–Kier alpha value is -7.18. The molecular weight excluding hydrogens is 1530 g/mol. The number of fused-ring (bicyclic) bond motifs is 4. The molecule has 0 bridgehead atoms. The lowest BCUT2D eigenvalue weighted by atomic mass is 10.1. The Kier molecular flexibility index (Phi) is 26.8. The topological polar surface area (TPSA) is 301 Å². The fourth-order valence-electron chi connectivity index (χ4n) is 14.8. The normalized spacial score (nSPS) is 18.0. The van der Waals surface area contributed by atoms with Crippen LogP contribution in [0, 0.1) is 0 Å². The maximum Gasteiger partial charge on any atom is 0.150 e. The van der Waals surface area contributed by atoms with Crippen molar-refractivity contribution in [1.82, 2.24) is 59.9 Å². The van der Waals surface area contributed by atoms with Crippen molar-refractivity contribution >= 4 is 167 Å². The van der Waals surface area contributed by atoms with Gasteiger partial charge in [-0.1, -0.05) is 51.4 Å². The summed E-state index contributed by atoms with van der Waals surface area (Å²) in [6.45, 7) is 14.5. The van der Waals surface area contributed by atoms with E-state index in [9.17, 15) is 0 Å². The molecule has 29 heteroatoms. The Morgan fingerprint density at radius 2 is 0.804 bits per heavy atom. The minimum absolute atomic E-state index is 0. The molecule has 0 aromatic carbocycles. The van der Waals surface area contributed by atoms with E-state index in [1.165, 1.54) is 140 Å². The van der Waals surface area contributed by atoms with Gasteiger partial charge in [0.05, 0.1) is 100 Å². The molecule has 0 radical (unpaired) electrons. The SMILES string of the molecule is CC(C)(C)Nc1cc(Br)c2sc(-c3ccnn3C3CCCCO3)cc2n1.CC(C)(C)Nc1cc(NC2CCCC2)c2sc(-c3ccnn3C3CCCCO3)cc2n1.Cl.Cl.NC1CCCC1.Nc1cc(NC2CCCC2)c2sc(-c3ccn[nH]3)cc2n1.Nc1cc(NC2CCCC2)c2sc(-c3ccn[nH]3)cc2n1. The maximum absolute atomic E-state index is 6.01. The van der Waals surface area contributed by atoms with Gasteiger partial charge in [-0.05, 0) is 202 Å². The molecule has 6 fully saturated rings. The van der Waals surface area contributed by atoms with Gasteiger partial charge < -0.3 is 53.3 Å². The first kappa shape index (κ1) is 79.4. The highest BCUT2D eigenvalue weighted by molar-refractivity contribution is 9.10. The summed E-state index contributed by atoms with van der Waals surface area (Å²) in [5, 5.41) is 41.3. The lowest BCUT2D eigenvalue weighted by molar-refractivity contribution is -0.0384. The summed E-state index contributed by atoms with van der Waals surface area (Å²) in [4.78, 5) is 23.3. The second kappa shape index (κ2) is 36.1. The molecule has 0 spiro atoms. The first-order chi connectivity index (χ1) is 50.8. The van der Waals surface area contributed by atoms with Crippen molar-refractivity contribution in [3.63, 3.8) is 0 Å². The van der Waals surface area contributed by atoms with Gasteiger partial charge in [0.2, 0.25) is 0 Å². The third-order valence-corrected chi connectivity index (χ3v) is 25.3. The Morgan fingerprint density at radius 3 is 1.19 bits per heavy atom. The van der Waals surface area contributed by atoms with E-state index in [1.807, 2.05) is 41.3 Å². The van der Waals surface area contributed by atoms with E-state index in [1.54, 1.807) is 57.7 Å². The molecule has 572 valence electrons. The van der Waals surface area contributed by atoms with E-state index < -0.39 is 0 Å². The quantitative estimate of drug-likeness (QED) is 0.0484. The van der Waals surface area contributed by atoms with E-state index in [-0.39, 0.29) is 48.3 Å². The number of nitrogens with zero attached hydrogens (tertiary/aromatic N) is 10. The molecule has 107 heavy (non-hydrogen) atoms. The highest BCUT2D eigenvalue weighted by Crippen LogP contribution is 2.45. The highest BCUT2D eigenvalue weighted by atomic mass is 79.9. The summed E-state index contributed by atoms with van der Waals surface area (Å²) in [5.74, 6) is 2.94. The number of hydrogen-bond acceptors (Lipinski definition) is 22. The monoisotopic (exact) mass is 1630 g/mol. The van der Waals surface area contributed by atoms with Crippen LogP contribution in [0.4, 0.5) is 40.3 Å². The Morgan fingerprint density at radius 1 is 0.439 bits per heavy atom. The third-order valence-electron chi connectivity index (χ3n) is 19.7. The molecule has 14 heterocycles. The highest BCUT2D eigenvalue weighted by Gasteiger charge is 2.27. The molecule has 22 nitrogen and oxygen atoms in total. The molecule has 0 amide bonds. The molecule has 6 aliphatic rings. The Bertz CT molecular complexity index is 4660. The van der Waals surface area contributed by atoms with Gasteiger partial charge in [0, 0.05) is 95.9 Å². The summed E-state index contributed by atoms with van der Waals surface area (Å²) in [6.07, 6.45) is 34.6. The summed E-state index contributed by atoms with van der Waals surface area (Å²) in [6, 6.07) is 27.0. The Balaban J connectivity index is 0.000000130. The average molecular weight is 1630 g/mol. The number of nitrogens with one attached hydrogen (secondary N) is 7. The maximum atomic E-state index is 6.01. The van der Waals surface area contributed by atoms with Crippen molar-refractivity contribution < 1.29 is 9.47 Å². The number of pyridine rings is 4. The van der Waals surface area contributed by atoms with Crippen LogP contribution in [-0.2, 0) is 9.47 Å². The van der Waals surface area contributed by atoms with Gasteiger partial charge in [-0.3, -0.25) is 10.2 Å². The second-order valence-electron chi connectivity index (χ2n) is 30.6. The lowest BCUT2D eigenvalue weighted by Gasteiger charge is -2.24. The van der Waals surface area contributed by atoms with Gasteiger partial charge in [0.25, 0.3) is 0 Å². The average Bonchev–Trinajstić information content (AvgIpc) is 1.65. The van der Waals surface area contributed by atoms with Crippen molar-refractivity contribution in [2.75, 3.05) is 51.3 Å². The number of aromatic nitrogens is 12. The molecule has 12 aromatic heterocycles. The number of anilines is 7. The van der Waals surface area contributed by atoms with Gasteiger partial charge in [0.15, 0.2) is 12.5 Å². The molecule has 12 aromatic rings. The van der Waals surface area contributed by atoms with E-state index in [0.717, 1.165) is 131 Å². The largest absolute Gasteiger partial charge is 0.384 e. The first-order valence-electron chi connectivity index (χ1n) is 37.7. The lowest BCUT2D eigenvalue weighted by Crippen LogP contribution is -2.26. The summed E-state index contributed by atoms with van der Waals surface area (Å²) < 4.78 is 21.8. The van der Waals surface area contributed by atoms with Gasteiger partial charge in [-0.2, -0.15) is 20.4 Å². The van der Waals surface area contributed by atoms with Crippen LogP contribution < -0.4 is 43.8 Å². The van der Waals surface area contributed by atoms with Crippen LogP contribution in [0.25, 0.3) is 83.2 Å². The molecule has 18 rings (SSSR count). The van der Waals surface area contributed by atoms with Crippen LogP contribution in [0.2, 0.25) is 0 Å². The van der Waals surface area contributed by atoms with E-state index >= 15 is 0 Å². The summed E-state index contributed by atoms with van der Waals surface area (Å²) >= 11 is 10.7.